The van der Waals surface area contributed by atoms with Crippen molar-refractivity contribution in [2.45, 2.75) is 5.41 Å². The molecule has 0 radical (unpaired) electrons. The van der Waals surface area contributed by atoms with Crippen LogP contribution in [-0.4, -0.2) is 11.5 Å². The van der Waals surface area contributed by atoms with E-state index in [0.29, 0.717) is 5.71 Å². The summed E-state index contributed by atoms with van der Waals surface area (Å²) in [5.41, 5.74) is 12.8. The lowest BCUT2D eigenvalue weighted by molar-refractivity contribution is 0.768. The van der Waals surface area contributed by atoms with Crippen molar-refractivity contribution in [3.63, 3.8) is 0 Å². The van der Waals surface area contributed by atoms with Crippen molar-refractivity contribution >= 4 is 71.5 Å². The predicted octanol–water partition coefficient (Wildman–Crippen LogP) is 17.0. The van der Waals surface area contributed by atoms with Crippen molar-refractivity contribution in [3.05, 3.63) is 294 Å². The van der Waals surface area contributed by atoms with Crippen LogP contribution in [-0.2, 0) is 5.41 Å². The van der Waals surface area contributed by atoms with Gasteiger partial charge in [0, 0.05) is 11.1 Å². The molecule has 12 aromatic rings. The summed E-state index contributed by atoms with van der Waals surface area (Å²) < 4.78 is 0. The Bertz CT molecular complexity index is 3970. The molecule has 1 aliphatic carbocycles. The number of amidine groups is 1. The van der Waals surface area contributed by atoms with Gasteiger partial charge in [-0.15, -0.1) is 0 Å². The molecule has 12 aromatic carbocycles. The van der Waals surface area contributed by atoms with Gasteiger partial charge in [0.15, 0.2) is 5.84 Å². The van der Waals surface area contributed by atoms with Crippen LogP contribution in [0.3, 0.4) is 0 Å². The van der Waals surface area contributed by atoms with Crippen molar-refractivity contribution in [2.24, 2.45) is 4.99 Å². The maximum atomic E-state index is 9.40. The van der Waals surface area contributed by atoms with Crippen molar-refractivity contribution in [1.29, 1.82) is 5.41 Å². The van der Waals surface area contributed by atoms with Gasteiger partial charge in [0.05, 0.1) is 11.1 Å². The third-order valence-electron chi connectivity index (χ3n) is 14.4. The molecule has 1 aliphatic rings. The number of fused-ring (bicyclic) bond motifs is 9. The highest BCUT2D eigenvalue weighted by Crippen LogP contribution is 2.56. The molecule has 322 valence electrons. The highest BCUT2D eigenvalue weighted by Gasteiger charge is 2.46. The molecule has 0 saturated heterocycles. The molecule has 0 amide bonds. The monoisotopic (exact) mass is 876 g/mol. The zero-order chi connectivity index (χ0) is 45.9. The van der Waals surface area contributed by atoms with Crippen LogP contribution in [0.15, 0.2) is 260 Å². The number of hydrogen-bond donors (Lipinski definition) is 1. The molecule has 1 N–H and O–H groups in total. The van der Waals surface area contributed by atoms with E-state index >= 15 is 0 Å². The average molecular weight is 877 g/mol. The molecule has 0 aromatic heterocycles. The Morgan fingerprint density at radius 2 is 0.870 bits per heavy atom. The van der Waals surface area contributed by atoms with Gasteiger partial charge < -0.3 is 0 Å². The van der Waals surface area contributed by atoms with E-state index in [1.807, 2.05) is 30.3 Å². The maximum Gasteiger partial charge on any atom is 0.152 e. The Morgan fingerprint density at radius 1 is 0.362 bits per heavy atom. The Labute approximate surface area is 401 Å². The summed E-state index contributed by atoms with van der Waals surface area (Å²) in [5, 5.41) is 21.5. The van der Waals surface area contributed by atoms with Gasteiger partial charge in [-0.25, -0.2) is 4.99 Å². The minimum absolute atomic E-state index is 0.208. The minimum atomic E-state index is -0.515. The largest absolute Gasteiger partial charge is 0.282 e. The topological polar surface area (TPSA) is 36.2 Å². The third-order valence-corrected chi connectivity index (χ3v) is 14.4. The molecule has 0 aliphatic heterocycles. The Hall–Kier alpha value is -8.98. The Morgan fingerprint density at radius 3 is 1.55 bits per heavy atom. The van der Waals surface area contributed by atoms with E-state index in [9.17, 15) is 5.41 Å². The summed E-state index contributed by atoms with van der Waals surface area (Å²) in [6, 6.07) is 89.5. The van der Waals surface area contributed by atoms with Crippen LogP contribution < -0.4 is 0 Å². The van der Waals surface area contributed by atoms with E-state index in [1.54, 1.807) is 0 Å². The maximum absolute atomic E-state index is 9.40. The molecule has 69 heavy (non-hydrogen) atoms. The van der Waals surface area contributed by atoms with Crippen LogP contribution >= 0.6 is 0 Å². The first kappa shape index (κ1) is 40.3. The first-order valence-corrected chi connectivity index (χ1v) is 23.7. The van der Waals surface area contributed by atoms with Crippen molar-refractivity contribution < 1.29 is 0 Å². The standard InChI is InChI=1S/C67H44N2/c68-66(45-21-4-1-5-22-45)69-63(47-37-40-62-60(43-47)55-32-18-19-35-61(55)67(62,48-24-6-2-7-25-48)49-26-8-3-9-27-49)41-39-54-52-30-14-16-33-56(52)65(57-34-17-15-31-53(54)57)64-51-29-13-11-23-46(51)42-59-50-28-12-10-20-44(50)36-38-58(59)64/h1-43,68H/b41-39+,68-66?,69-63?. The number of allylic oxidation sites excluding steroid dienone is 1. The second-order valence-electron chi connectivity index (χ2n) is 18.1. The number of nitrogens with one attached hydrogen (secondary N) is 1. The quantitative estimate of drug-likeness (QED) is 0.0717. The van der Waals surface area contributed by atoms with E-state index in [4.69, 9.17) is 4.99 Å². The fourth-order valence-electron chi connectivity index (χ4n) is 11.5. The Kier molecular flexibility index (Phi) is 9.59. The molecule has 2 heteroatoms. The van der Waals surface area contributed by atoms with Crippen LogP contribution in [0, 0.1) is 5.41 Å². The van der Waals surface area contributed by atoms with Crippen LogP contribution in [0.5, 0.6) is 0 Å². The summed E-state index contributed by atoms with van der Waals surface area (Å²) in [6.07, 6.45) is 4.37. The normalized spacial score (nSPS) is 13.1. The fraction of sp³-hybridized carbons (Fsp3) is 0.0149. The minimum Gasteiger partial charge on any atom is -0.282 e. The molecule has 0 unspecified atom stereocenters. The summed E-state index contributed by atoms with van der Waals surface area (Å²) >= 11 is 0. The number of benzene rings is 12. The van der Waals surface area contributed by atoms with Crippen LogP contribution in [0.25, 0.3) is 82.2 Å². The summed E-state index contributed by atoms with van der Waals surface area (Å²) in [6.45, 7) is 0. The van der Waals surface area contributed by atoms with Crippen molar-refractivity contribution in [2.75, 3.05) is 0 Å². The molecular weight excluding hydrogens is 833 g/mol. The zero-order valence-corrected chi connectivity index (χ0v) is 37.8. The van der Waals surface area contributed by atoms with E-state index in [2.05, 4.69) is 231 Å². The Balaban J connectivity index is 1.04. The third kappa shape index (κ3) is 6.41. The highest BCUT2D eigenvalue weighted by atomic mass is 14.8. The molecule has 0 saturated carbocycles. The number of hydrogen-bond acceptors (Lipinski definition) is 1. The molecule has 13 rings (SSSR count). The summed E-state index contributed by atoms with van der Waals surface area (Å²) in [7, 11) is 0. The smallest absolute Gasteiger partial charge is 0.152 e. The first-order chi connectivity index (χ1) is 34.2. The van der Waals surface area contributed by atoms with Crippen molar-refractivity contribution in [3.8, 4) is 22.3 Å². The fourth-order valence-corrected chi connectivity index (χ4v) is 11.5. The SMILES string of the molecule is N=C(N=C(/C=C/c1c2ccccc2c(-c2c3ccccc3cc3c2ccc2ccccc23)c2ccccc12)c1ccc2c(c1)-c1ccccc1C2(c1ccccc1)c1ccccc1)c1ccccc1. The van der Waals surface area contributed by atoms with Gasteiger partial charge in [-0.2, -0.15) is 0 Å². The predicted molar refractivity (Wildman–Crippen MR) is 292 cm³/mol. The lowest BCUT2D eigenvalue weighted by Gasteiger charge is -2.33. The van der Waals surface area contributed by atoms with Crippen molar-refractivity contribution in [1.82, 2.24) is 0 Å². The van der Waals surface area contributed by atoms with Crippen LogP contribution in [0.4, 0.5) is 0 Å². The van der Waals surface area contributed by atoms with Crippen LogP contribution in [0.1, 0.15) is 38.9 Å². The van der Waals surface area contributed by atoms with E-state index < -0.39 is 5.41 Å². The van der Waals surface area contributed by atoms with E-state index in [0.717, 1.165) is 27.5 Å². The lowest BCUT2D eigenvalue weighted by Crippen LogP contribution is -2.28. The molecule has 0 atom stereocenters. The van der Waals surface area contributed by atoms with Gasteiger partial charge in [-0.1, -0.05) is 243 Å². The average Bonchev–Trinajstić information content (AvgIpc) is 3.72. The van der Waals surface area contributed by atoms with Gasteiger partial charge in [-0.05, 0) is 122 Å². The first-order valence-electron chi connectivity index (χ1n) is 23.7. The van der Waals surface area contributed by atoms with Gasteiger partial charge in [0.1, 0.15) is 0 Å². The van der Waals surface area contributed by atoms with Gasteiger partial charge in [0.25, 0.3) is 0 Å². The van der Waals surface area contributed by atoms with E-state index in [-0.39, 0.29) is 5.84 Å². The highest BCUT2D eigenvalue weighted by molar-refractivity contribution is 6.28. The molecule has 0 bridgehead atoms. The number of rotatable bonds is 7. The zero-order valence-electron chi connectivity index (χ0n) is 37.8. The molecule has 0 fully saturated rings. The number of nitrogens with zero attached hydrogens (tertiary/aromatic N) is 1. The second-order valence-corrected chi connectivity index (χ2v) is 18.1. The summed E-state index contributed by atoms with van der Waals surface area (Å²) in [5.74, 6) is 0.208. The molecule has 0 spiro atoms. The molecular formula is C67H44N2. The summed E-state index contributed by atoms with van der Waals surface area (Å²) in [4.78, 5) is 5.20. The van der Waals surface area contributed by atoms with Gasteiger partial charge in [-0.3, -0.25) is 5.41 Å². The van der Waals surface area contributed by atoms with E-state index in [1.165, 1.54) is 87.6 Å². The van der Waals surface area contributed by atoms with Crippen LogP contribution in [0.2, 0.25) is 0 Å². The molecule has 0 heterocycles. The van der Waals surface area contributed by atoms with Gasteiger partial charge in [0.2, 0.25) is 0 Å². The molecule has 2 nitrogen and oxygen atoms in total. The van der Waals surface area contributed by atoms with Gasteiger partial charge >= 0.3 is 0 Å². The second kappa shape index (κ2) is 16.4. The number of aliphatic imine (C=N–C) groups is 1. The lowest BCUT2D eigenvalue weighted by atomic mass is 9.67.